The highest BCUT2D eigenvalue weighted by atomic mass is 31.2. The second kappa shape index (κ2) is 17.5. The molecule has 0 radical (unpaired) electrons. The lowest BCUT2D eigenvalue weighted by Gasteiger charge is -2.33. The Bertz CT molecular complexity index is 691. The van der Waals surface area contributed by atoms with Crippen LogP contribution in [0.15, 0.2) is 0 Å². The maximum Gasteiger partial charge on any atom is 0.331 e. The molecule has 0 heterocycles. The monoisotopic (exact) mass is 575 g/mol. The predicted octanol–water partition coefficient (Wildman–Crippen LogP) is -3.40. The van der Waals surface area contributed by atoms with Crippen molar-refractivity contribution in [1.29, 1.82) is 0 Å². The van der Waals surface area contributed by atoms with Gasteiger partial charge in [0.15, 0.2) is 0 Å². The maximum absolute atomic E-state index is 11.2. The molecule has 1 atom stereocenters. The van der Waals surface area contributed by atoms with Gasteiger partial charge in [-0.05, 0) is 0 Å². The predicted molar refractivity (Wildman–Crippen MR) is 114 cm³/mol. The molecule has 0 bridgehead atoms. The molecule has 0 aliphatic carbocycles. The van der Waals surface area contributed by atoms with E-state index in [9.17, 15) is 24.1 Å². The molecule has 206 valence electrons. The summed E-state index contributed by atoms with van der Waals surface area (Å²) in [4.78, 5) is 81.3. The zero-order valence-corrected chi connectivity index (χ0v) is 20.8. The fraction of sp³-hybridized carbons (Fsp3) is 0.769. The van der Waals surface area contributed by atoms with Crippen molar-refractivity contribution in [2.45, 2.75) is 5.97 Å². The number of carboxylic acids is 3. The molecule has 0 fully saturated rings. The number of aliphatic carboxylic acids is 3. The van der Waals surface area contributed by atoms with Crippen molar-refractivity contribution in [2.24, 2.45) is 0 Å². The van der Waals surface area contributed by atoms with Gasteiger partial charge in [-0.3, -0.25) is 47.2 Å². The summed E-state index contributed by atoms with van der Waals surface area (Å²) in [6, 6.07) is 0. The largest absolute Gasteiger partial charge is 0.480 e. The molecule has 0 aromatic heterocycles. The minimum absolute atomic E-state index is 0.120. The van der Waals surface area contributed by atoms with Gasteiger partial charge in [0.05, 0.1) is 26.2 Å². The van der Waals surface area contributed by atoms with Gasteiger partial charge in [-0.25, -0.2) is 0 Å². The Labute approximate surface area is 201 Å². The fourth-order valence-corrected chi connectivity index (χ4v) is 3.62. The molecule has 0 rings (SSSR count). The number of hydrogen-bond acceptors (Lipinski definition) is 15. The maximum atomic E-state index is 11.2. The number of nitrogens with zero attached hydrogens (tertiary/aromatic N) is 3. The van der Waals surface area contributed by atoms with Crippen molar-refractivity contribution in [3.63, 3.8) is 0 Å². The molecule has 0 amide bonds. The minimum atomic E-state index is -3.36. The summed E-state index contributed by atoms with van der Waals surface area (Å²) in [5.74, 6) is -7.05. The summed E-state index contributed by atoms with van der Waals surface area (Å²) in [6.07, 6.45) is 0. The van der Waals surface area contributed by atoms with Gasteiger partial charge in [-0.2, -0.15) is 0 Å². The minimum Gasteiger partial charge on any atom is -0.480 e. The molecule has 0 aromatic carbocycles. The summed E-state index contributed by atoms with van der Waals surface area (Å²) in [7, 11) is -9.93. The van der Waals surface area contributed by atoms with E-state index in [-0.39, 0.29) is 26.2 Å². The SMILES string of the molecule is O=C(O)CN(CCN(CO[PH](=O)O)CC(=O)O)CCN(CC(=O)O)CC(O)(OP(O)O)OP(O)O. The van der Waals surface area contributed by atoms with Crippen LogP contribution >= 0.6 is 25.5 Å². The van der Waals surface area contributed by atoms with Crippen LogP contribution in [0.2, 0.25) is 0 Å². The molecule has 35 heavy (non-hydrogen) atoms. The summed E-state index contributed by atoms with van der Waals surface area (Å²) in [6.45, 7) is -4.23. The van der Waals surface area contributed by atoms with Gasteiger partial charge < -0.3 is 44.9 Å². The Hall–Kier alpha value is -0.980. The lowest BCUT2D eigenvalue weighted by Crippen LogP contribution is -2.50. The van der Waals surface area contributed by atoms with E-state index in [1.54, 1.807) is 0 Å². The lowest BCUT2D eigenvalue weighted by molar-refractivity contribution is -0.285. The first kappa shape index (κ1) is 34.0. The molecule has 0 aromatic rings. The van der Waals surface area contributed by atoms with Crippen LogP contribution in [-0.2, 0) is 32.5 Å². The molecule has 0 aliphatic rings. The van der Waals surface area contributed by atoms with E-state index in [2.05, 4.69) is 13.6 Å². The third-order valence-corrected chi connectivity index (χ3v) is 5.06. The van der Waals surface area contributed by atoms with Gasteiger partial charge in [-0.1, -0.05) is 0 Å². The molecular weight excluding hydrogens is 547 g/mol. The molecule has 0 saturated carbocycles. The van der Waals surface area contributed by atoms with E-state index < -0.39 is 82.3 Å². The molecule has 9 N–H and O–H groups in total. The van der Waals surface area contributed by atoms with Crippen LogP contribution in [0.1, 0.15) is 0 Å². The summed E-state index contributed by atoms with van der Waals surface area (Å²) < 4.78 is 23.9. The van der Waals surface area contributed by atoms with Crippen LogP contribution in [0, 0.1) is 0 Å². The molecule has 1 unspecified atom stereocenters. The van der Waals surface area contributed by atoms with Crippen LogP contribution in [0.4, 0.5) is 0 Å². The second-order valence-electron chi connectivity index (χ2n) is 6.66. The van der Waals surface area contributed by atoms with Crippen LogP contribution in [0.25, 0.3) is 0 Å². The fourth-order valence-electron chi connectivity index (χ4n) is 2.57. The van der Waals surface area contributed by atoms with Crippen LogP contribution in [0.3, 0.4) is 0 Å². The quantitative estimate of drug-likeness (QED) is 0.0476. The van der Waals surface area contributed by atoms with E-state index in [0.717, 1.165) is 9.80 Å². The van der Waals surface area contributed by atoms with Gasteiger partial charge in [0.25, 0.3) is 0 Å². The van der Waals surface area contributed by atoms with E-state index >= 15 is 0 Å². The van der Waals surface area contributed by atoms with Gasteiger partial charge in [-0.15, -0.1) is 0 Å². The second-order valence-corrected chi connectivity index (χ2v) is 8.86. The average Bonchev–Trinajstić information content (AvgIpc) is 2.64. The molecular formula is C13H28N3O16P3. The van der Waals surface area contributed by atoms with Gasteiger partial charge in [0.1, 0.15) is 6.73 Å². The standard InChI is InChI=1S/C13H28N3O16P3/c17-10(18)5-14(2-4-16(7-12(21)22)9-30-33(24)25)1-3-15(6-11(19)20)8-13(23,31-34(26)27)32-35(28)29/h23,26-29,33H,1-9H2,(H,17,18)(H,19,20)(H,21,22)(H,24,25). The Morgan fingerprint density at radius 2 is 1.11 bits per heavy atom. The van der Waals surface area contributed by atoms with E-state index in [1.165, 1.54) is 4.90 Å². The van der Waals surface area contributed by atoms with Gasteiger partial charge in [0, 0.05) is 26.2 Å². The topological polar surface area (TPSA) is 288 Å². The van der Waals surface area contributed by atoms with Crippen LogP contribution in [-0.4, -0.2) is 143 Å². The number of carbonyl (C=O) groups is 3. The van der Waals surface area contributed by atoms with Gasteiger partial charge >= 0.3 is 49.3 Å². The number of rotatable bonds is 21. The first-order valence-electron chi connectivity index (χ1n) is 9.26. The number of carboxylic acid groups (broad SMARTS) is 3. The van der Waals surface area contributed by atoms with E-state index in [1.807, 2.05) is 0 Å². The van der Waals surface area contributed by atoms with E-state index in [4.69, 9.17) is 39.8 Å². The summed E-state index contributed by atoms with van der Waals surface area (Å²) >= 11 is 0. The Balaban J connectivity index is 5.37. The Morgan fingerprint density at radius 1 is 0.743 bits per heavy atom. The highest BCUT2D eigenvalue weighted by Gasteiger charge is 2.38. The molecule has 0 saturated heterocycles. The van der Waals surface area contributed by atoms with Crippen molar-refractivity contribution >= 4 is 43.4 Å². The Morgan fingerprint density at radius 3 is 1.51 bits per heavy atom. The van der Waals surface area contributed by atoms with Crippen molar-refractivity contribution in [2.75, 3.05) is 59.1 Å². The molecule has 0 spiro atoms. The van der Waals surface area contributed by atoms with E-state index in [0.29, 0.717) is 0 Å². The normalized spacial score (nSPS) is 13.3. The summed E-state index contributed by atoms with van der Waals surface area (Å²) in [5.41, 5.74) is 0. The van der Waals surface area contributed by atoms with Crippen molar-refractivity contribution in [3.05, 3.63) is 0 Å². The van der Waals surface area contributed by atoms with Crippen molar-refractivity contribution in [1.82, 2.24) is 14.7 Å². The lowest BCUT2D eigenvalue weighted by atomic mass is 10.3. The number of hydrogen-bond donors (Lipinski definition) is 9. The van der Waals surface area contributed by atoms with Crippen LogP contribution in [0.5, 0.6) is 0 Å². The smallest absolute Gasteiger partial charge is 0.331 e. The zero-order chi connectivity index (χ0) is 27.2. The summed E-state index contributed by atoms with van der Waals surface area (Å²) in [5, 5.41) is 37.4. The molecule has 0 aliphatic heterocycles. The first-order chi connectivity index (χ1) is 16.1. The van der Waals surface area contributed by atoms with Crippen molar-refractivity contribution in [3.8, 4) is 0 Å². The highest BCUT2D eigenvalue weighted by molar-refractivity contribution is 7.40. The van der Waals surface area contributed by atoms with Crippen molar-refractivity contribution < 1.29 is 77.4 Å². The van der Waals surface area contributed by atoms with Crippen LogP contribution < -0.4 is 0 Å². The third kappa shape index (κ3) is 18.9. The third-order valence-electron chi connectivity index (χ3n) is 3.78. The number of aliphatic hydroxyl groups is 1. The highest BCUT2D eigenvalue weighted by Crippen LogP contribution is 2.39. The first-order valence-corrected chi connectivity index (χ1v) is 12.9. The Kier molecular flexibility index (Phi) is 17.0. The zero-order valence-electron chi connectivity index (χ0n) is 18.0. The van der Waals surface area contributed by atoms with Gasteiger partial charge in [0.2, 0.25) is 0 Å². The molecule has 19 nitrogen and oxygen atoms in total. The average molecular weight is 575 g/mol. The molecule has 22 heteroatoms.